The summed E-state index contributed by atoms with van der Waals surface area (Å²) in [6, 6.07) is 0. The van der Waals surface area contributed by atoms with Gasteiger partial charge in [0, 0.05) is 11.8 Å². The molecule has 0 aromatic rings. The quantitative estimate of drug-likeness (QED) is 0.610. The molecule has 0 saturated heterocycles. The monoisotopic (exact) mass is 344 g/mol. The molecule has 4 atom stereocenters. The predicted octanol–water partition coefficient (Wildman–Crippen LogP) is 5.73. The first-order valence-electron chi connectivity index (χ1n) is 11.3. The van der Waals surface area contributed by atoms with E-state index >= 15 is 0 Å². The molecule has 4 saturated carbocycles. The highest BCUT2D eigenvalue weighted by molar-refractivity contribution is 6.11. The second-order valence-electron chi connectivity index (χ2n) is 9.61. The van der Waals surface area contributed by atoms with Crippen LogP contribution in [0, 0.1) is 35.5 Å². The number of carbonyl (C=O) groups is 2. The minimum absolute atomic E-state index is 0.104. The van der Waals surface area contributed by atoms with E-state index in [2.05, 4.69) is 0 Å². The van der Waals surface area contributed by atoms with Gasteiger partial charge >= 0.3 is 0 Å². The van der Waals surface area contributed by atoms with Gasteiger partial charge in [-0.3, -0.25) is 9.59 Å². The Kier molecular flexibility index (Phi) is 5.62. The minimum Gasteiger partial charge on any atom is -0.299 e. The minimum atomic E-state index is -0.221. The fourth-order valence-corrected chi connectivity index (χ4v) is 6.74. The van der Waals surface area contributed by atoms with Gasteiger partial charge < -0.3 is 0 Å². The Balaban J connectivity index is 1.25. The molecule has 4 fully saturated rings. The van der Waals surface area contributed by atoms with Gasteiger partial charge in [-0.2, -0.15) is 0 Å². The lowest BCUT2D eigenvalue weighted by Crippen LogP contribution is -2.21. The fraction of sp³-hybridized carbons (Fsp3) is 0.913. The maximum atomic E-state index is 12.6. The first-order valence-corrected chi connectivity index (χ1v) is 11.3. The van der Waals surface area contributed by atoms with Crippen molar-refractivity contribution in [2.75, 3.05) is 0 Å². The van der Waals surface area contributed by atoms with E-state index < -0.39 is 0 Å². The Hall–Kier alpha value is -0.660. The van der Waals surface area contributed by atoms with E-state index in [-0.39, 0.29) is 17.8 Å². The van der Waals surface area contributed by atoms with Crippen LogP contribution in [0.1, 0.15) is 96.3 Å². The van der Waals surface area contributed by atoms with Gasteiger partial charge in [0.05, 0.1) is 5.92 Å². The van der Waals surface area contributed by atoms with Crippen LogP contribution >= 0.6 is 0 Å². The van der Waals surface area contributed by atoms with Gasteiger partial charge in [0.25, 0.3) is 0 Å². The molecular weight excluding hydrogens is 308 g/mol. The van der Waals surface area contributed by atoms with Gasteiger partial charge in [0.1, 0.15) is 11.6 Å². The zero-order chi connectivity index (χ0) is 17.2. The first-order chi connectivity index (χ1) is 12.2. The van der Waals surface area contributed by atoms with Crippen LogP contribution in [0.15, 0.2) is 0 Å². The van der Waals surface area contributed by atoms with Crippen molar-refractivity contribution in [2.24, 2.45) is 35.5 Å². The Labute approximate surface area is 153 Å². The van der Waals surface area contributed by atoms with Gasteiger partial charge in [-0.05, 0) is 49.9 Å². The molecule has 2 heteroatoms. The highest BCUT2D eigenvalue weighted by Gasteiger charge is 2.48. The van der Waals surface area contributed by atoms with Crippen LogP contribution in [-0.2, 0) is 9.59 Å². The molecule has 25 heavy (non-hydrogen) atoms. The molecule has 140 valence electrons. The van der Waals surface area contributed by atoms with Crippen molar-refractivity contribution in [3.05, 3.63) is 0 Å². The number of fused-ring (bicyclic) bond motifs is 2. The molecular formula is C23H36O2. The Morgan fingerprint density at radius 2 is 1.12 bits per heavy atom. The van der Waals surface area contributed by atoms with E-state index in [4.69, 9.17) is 0 Å². The number of carbonyl (C=O) groups excluding carboxylic acids is 2. The number of ketones is 2. The molecule has 4 unspecified atom stereocenters. The molecule has 0 aliphatic heterocycles. The predicted molar refractivity (Wildman–Crippen MR) is 100 cm³/mol. The van der Waals surface area contributed by atoms with Crippen molar-refractivity contribution in [1.29, 1.82) is 0 Å². The third kappa shape index (κ3) is 3.74. The van der Waals surface area contributed by atoms with Gasteiger partial charge in [-0.25, -0.2) is 0 Å². The van der Waals surface area contributed by atoms with E-state index in [9.17, 15) is 9.59 Å². The maximum Gasteiger partial charge on any atom is 0.147 e. The summed E-state index contributed by atoms with van der Waals surface area (Å²) in [4.78, 5) is 25.3. The standard InChI is InChI=1S/C23H36O2/c24-22-19-9-3-4-10-20(19)23(25)21(22)11-5-6-16-12-14-17-7-1-2-8-18(17)15-13-16/h16-21H,1-15H2. The number of Topliss-reactive ketones (excluding diaryl/α,β-unsaturated/α-hetero) is 2. The number of hydrogen-bond acceptors (Lipinski definition) is 2. The fourth-order valence-electron chi connectivity index (χ4n) is 6.74. The molecule has 0 N–H and O–H groups in total. The molecule has 0 radical (unpaired) electrons. The molecule has 0 heterocycles. The van der Waals surface area contributed by atoms with E-state index in [1.54, 1.807) is 0 Å². The molecule has 0 aromatic carbocycles. The van der Waals surface area contributed by atoms with Gasteiger partial charge in [-0.15, -0.1) is 0 Å². The van der Waals surface area contributed by atoms with Crippen molar-refractivity contribution < 1.29 is 9.59 Å². The highest BCUT2D eigenvalue weighted by atomic mass is 16.2. The van der Waals surface area contributed by atoms with Gasteiger partial charge in [0.15, 0.2) is 0 Å². The zero-order valence-electron chi connectivity index (χ0n) is 15.9. The molecule has 2 nitrogen and oxygen atoms in total. The maximum absolute atomic E-state index is 12.6. The van der Waals surface area contributed by atoms with Crippen LogP contribution in [-0.4, -0.2) is 11.6 Å². The summed E-state index contributed by atoms with van der Waals surface area (Å²) in [6.07, 6.45) is 19.0. The van der Waals surface area contributed by atoms with E-state index in [1.807, 2.05) is 0 Å². The molecule has 0 bridgehead atoms. The van der Waals surface area contributed by atoms with E-state index in [0.29, 0.717) is 11.6 Å². The third-order valence-corrected chi connectivity index (χ3v) is 8.25. The van der Waals surface area contributed by atoms with Crippen molar-refractivity contribution in [3.8, 4) is 0 Å². The lowest BCUT2D eigenvalue weighted by molar-refractivity contribution is -0.128. The molecule has 4 rings (SSSR count). The van der Waals surface area contributed by atoms with Crippen LogP contribution < -0.4 is 0 Å². The second-order valence-corrected chi connectivity index (χ2v) is 9.61. The largest absolute Gasteiger partial charge is 0.299 e. The lowest BCUT2D eigenvalue weighted by atomic mass is 9.77. The number of rotatable bonds is 4. The van der Waals surface area contributed by atoms with E-state index in [0.717, 1.165) is 56.3 Å². The summed E-state index contributed by atoms with van der Waals surface area (Å²) in [5.74, 6) is 3.52. The summed E-state index contributed by atoms with van der Waals surface area (Å²) in [6.45, 7) is 0. The second kappa shape index (κ2) is 7.92. The van der Waals surface area contributed by atoms with Gasteiger partial charge in [0.2, 0.25) is 0 Å². The van der Waals surface area contributed by atoms with Crippen LogP contribution in [0.4, 0.5) is 0 Å². The molecule has 0 aromatic heterocycles. The molecule has 4 aliphatic carbocycles. The summed E-state index contributed by atoms with van der Waals surface area (Å²) >= 11 is 0. The van der Waals surface area contributed by atoms with Crippen molar-refractivity contribution in [1.82, 2.24) is 0 Å². The SMILES string of the molecule is O=C1C(CCCC2CCC3CCCCC3CC2)C(=O)C2CCCCC12. The van der Waals surface area contributed by atoms with Crippen molar-refractivity contribution in [2.45, 2.75) is 96.3 Å². The Bertz CT molecular complexity index is 456. The number of hydrogen-bond donors (Lipinski definition) is 0. The normalized spacial score (nSPS) is 41.9. The topological polar surface area (TPSA) is 34.1 Å². The summed E-state index contributed by atoms with van der Waals surface area (Å²) in [7, 11) is 0. The summed E-state index contributed by atoms with van der Waals surface area (Å²) in [5.41, 5.74) is 0. The van der Waals surface area contributed by atoms with Crippen LogP contribution in [0.25, 0.3) is 0 Å². The van der Waals surface area contributed by atoms with Crippen LogP contribution in [0.5, 0.6) is 0 Å². The Morgan fingerprint density at radius 3 is 1.68 bits per heavy atom. The molecule has 0 amide bonds. The zero-order valence-corrected chi connectivity index (χ0v) is 15.9. The first kappa shape index (κ1) is 17.7. The van der Waals surface area contributed by atoms with E-state index in [1.165, 1.54) is 57.8 Å². The summed E-state index contributed by atoms with van der Waals surface area (Å²) in [5, 5.41) is 0. The van der Waals surface area contributed by atoms with Crippen molar-refractivity contribution in [3.63, 3.8) is 0 Å². The summed E-state index contributed by atoms with van der Waals surface area (Å²) < 4.78 is 0. The molecule has 0 spiro atoms. The van der Waals surface area contributed by atoms with Crippen molar-refractivity contribution >= 4 is 11.6 Å². The highest BCUT2D eigenvalue weighted by Crippen LogP contribution is 2.44. The smallest absolute Gasteiger partial charge is 0.147 e. The average molecular weight is 345 g/mol. The van der Waals surface area contributed by atoms with Crippen LogP contribution in [0.2, 0.25) is 0 Å². The van der Waals surface area contributed by atoms with Crippen LogP contribution in [0.3, 0.4) is 0 Å². The van der Waals surface area contributed by atoms with Gasteiger partial charge in [-0.1, -0.05) is 64.2 Å². The lowest BCUT2D eigenvalue weighted by Gasteiger charge is -2.29. The third-order valence-electron chi connectivity index (χ3n) is 8.25. The average Bonchev–Trinajstić information content (AvgIpc) is 2.79. The Morgan fingerprint density at radius 1 is 0.600 bits per heavy atom. The molecule has 4 aliphatic rings.